The van der Waals surface area contributed by atoms with E-state index in [-0.39, 0.29) is 36.1 Å². The quantitative estimate of drug-likeness (QED) is 0.270. The van der Waals surface area contributed by atoms with Gasteiger partial charge in [0.05, 0.1) is 18.8 Å². The Labute approximate surface area is 288 Å². The van der Waals surface area contributed by atoms with Gasteiger partial charge >= 0.3 is 0 Å². The lowest BCUT2D eigenvalue weighted by Gasteiger charge is -2.58. The summed E-state index contributed by atoms with van der Waals surface area (Å²) in [4.78, 5) is 2.13. The van der Waals surface area contributed by atoms with Crippen molar-refractivity contribution in [2.24, 2.45) is 22.7 Å². The van der Waals surface area contributed by atoms with E-state index in [2.05, 4.69) is 81.9 Å². The zero-order chi connectivity index (χ0) is 34.0. The van der Waals surface area contributed by atoms with Crippen molar-refractivity contribution < 1.29 is 29.2 Å². The highest BCUT2D eigenvalue weighted by molar-refractivity contribution is 5.52. The van der Waals surface area contributed by atoms with Crippen molar-refractivity contribution in [1.82, 2.24) is 0 Å². The molecule has 2 saturated heterocycles. The molecule has 7 rings (SSSR count). The molecule has 3 saturated carbocycles. The van der Waals surface area contributed by atoms with E-state index in [1.165, 1.54) is 16.7 Å². The summed E-state index contributed by atoms with van der Waals surface area (Å²) in [7, 11) is 4.13. The molecule has 262 valence electrons. The molecule has 4 aliphatic carbocycles. The van der Waals surface area contributed by atoms with Gasteiger partial charge in [-0.25, -0.2) is 0 Å². The standard InChI is InChI=1S/C41H57NO6/c1-7-29-23-34-31-16-19-39(43)25-40(47-26-37(2,3)27-48-40)20-17-33(39)36(31)32(28-12-14-30(15-13-28)42(5)6)24-38(34,4)41(29,44)18-10-22-46-35-11-8-9-21-45-35/h7,12-15,31-32,34-35,43-44H,8-9,11,16-17,19-27H2,1-6H3/b29-7+/t31-,32+,34-,35?,38-,39+,41-/m0/s1. The summed E-state index contributed by atoms with van der Waals surface area (Å²) < 4.78 is 24.7. The van der Waals surface area contributed by atoms with Crippen molar-refractivity contribution in [1.29, 1.82) is 0 Å². The van der Waals surface area contributed by atoms with Gasteiger partial charge in [0.1, 0.15) is 6.61 Å². The highest BCUT2D eigenvalue weighted by Crippen LogP contribution is 2.69. The van der Waals surface area contributed by atoms with Gasteiger partial charge in [0.25, 0.3) is 0 Å². The van der Waals surface area contributed by atoms with Crippen molar-refractivity contribution in [3.8, 4) is 11.8 Å². The lowest BCUT2D eigenvalue weighted by atomic mass is 9.49. The predicted molar refractivity (Wildman–Crippen MR) is 187 cm³/mol. The molecule has 6 aliphatic rings. The monoisotopic (exact) mass is 659 g/mol. The lowest BCUT2D eigenvalue weighted by Crippen LogP contribution is -2.58. The first kappa shape index (κ1) is 34.3. The molecule has 1 aromatic carbocycles. The van der Waals surface area contributed by atoms with Crippen LogP contribution < -0.4 is 4.90 Å². The summed E-state index contributed by atoms with van der Waals surface area (Å²) in [6.07, 6.45) is 10.1. The third-order valence-electron chi connectivity index (χ3n) is 12.9. The van der Waals surface area contributed by atoms with Crippen LogP contribution in [0.5, 0.6) is 0 Å². The second-order valence-corrected chi connectivity index (χ2v) is 16.8. The van der Waals surface area contributed by atoms with Crippen LogP contribution in [0, 0.1) is 34.5 Å². The molecule has 7 heteroatoms. The summed E-state index contributed by atoms with van der Waals surface area (Å²) in [5.74, 6) is 6.44. The maximum atomic E-state index is 12.8. The Morgan fingerprint density at radius 3 is 2.44 bits per heavy atom. The average molecular weight is 660 g/mol. The van der Waals surface area contributed by atoms with Gasteiger partial charge in [-0.15, -0.1) is 0 Å². The second kappa shape index (κ2) is 12.5. The molecule has 48 heavy (non-hydrogen) atoms. The summed E-state index contributed by atoms with van der Waals surface area (Å²) in [5.41, 5.74) is 3.30. The molecule has 0 aromatic heterocycles. The number of ether oxygens (including phenoxy) is 4. The molecule has 0 bridgehead atoms. The number of hydrogen-bond acceptors (Lipinski definition) is 7. The van der Waals surface area contributed by atoms with E-state index in [9.17, 15) is 10.2 Å². The summed E-state index contributed by atoms with van der Waals surface area (Å²) in [6.45, 7) is 10.9. The van der Waals surface area contributed by atoms with Crippen molar-refractivity contribution in [3.63, 3.8) is 0 Å². The molecular weight excluding hydrogens is 602 g/mol. The summed E-state index contributed by atoms with van der Waals surface area (Å²) in [5, 5.41) is 25.4. The van der Waals surface area contributed by atoms with Gasteiger partial charge in [0.15, 0.2) is 17.7 Å². The molecule has 2 heterocycles. The number of allylic oxidation sites excluding steroid dienone is 2. The Morgan fingerprint density at radius 1 is 1.02 bits per heavy atom. The maximum Gasteiger partial charge on any atom is 0.171 e. The smallest absolute Gasteiger partial charge is 0.171 e. The van der Waals surface area contributed by atoms with E-state index in [0.717, 1.165) is 69.2 Å². The molecule has 1 aromatic rings. The molecular formula is C41H57NO6. The van der Waals surface area contributed by atoms with Gasteiger partial charge in [-0.05, 0) is 99.0 Å². The summed E-state index contributed by atoms with van der Waals surface area (Å²) >= 11 is 0. The second-order valence-electron chi connectivity index (χ2n) is 16.8. The van der Waals surface area contributed by atoms with Gasteiger partial charge < -0.3 is 34.1 Å². The van der Waals surface area contributed by atoms with Gasteiger partial charge in [0, 0.05) is 56.0 Å². The minimum absolute atomic E-state index is 0.0235. The number of rotatable bonds is 4. The SMILES string of the molecule is C/C=C1\C[C@H]2[C@@H]3CC[C@@]4(O)CC5(CCC4=C3[C@@H](c3ccc(N(C)C)cc3)C[C@]2(C)[C@]1(O)C#CCOC1CCCCO1)OCC(C)(C)CO5. The van der Waals surface area contributed by atoms with Crippen LogP contribution in [0.1, 0.15) is 103 Å². The van der Waals surface area contributed by atoms with Crippen LogP contribution in [-0.4, -0.2) is 74.0 Å². The molecule has 0 radical (unpaired) electrons. The number of nitrogens with zero attached hydrogens (tertiary/aromatic N) is 1. The maximum absolute atomic E-state index is 12.8. The zero-order valence-electron chi connectivity index (χ0n) is 30.1. The van der Waals surface area contributed by atoms with Crippen molar-refractivity contribution in [2.75, 3.05) is 45.4 Å². The van der Waals surface area contributed by atoms with E-state index < -0.39 is 22.4 Å². The minimum atomic E-state index is -1.26. The Morgan fingerprint density at radius 2 is 1.77 bits per heavy atom. The van der Waals surface area contributed by atoms with Crippen molar-refractivity contribution >= 4 is 5.69 Å². The number of hydrogen-bond donors (Lipinski definition) is 2. The normalized spacial score (nSPS) is 39.3. The molecule has 2 aliphatic heterocycles. The predicted octanol–water partition coefficient (Wildman–Crippen LogP) is 6.88. The van der Waals surface area contributed by atoms with Crippen LogP contribution in [0.15, 0.2) is 47.1 Å². The van der Waals surface area contributed by atoms with Gasteiger partial charge in [0.2, 0.25) is 0 Å². The first-order valence-corrected chi connectivity index (χ1v) is 18.4. The van der Waals surface area contributed by atoms with E-state index in [4.69, 9.17) is 18.9 Å². The largest absolute Gasteiger partial charge is 0.385 e. The number of anilines is 1. The highest BCUT2D eigenvalue weighted by Gasteiger charge is 2.66. The Hall–Kier alpha value is -2.18. The van der Waals surface area contributed by atoms with Crippen LogP contribution in [0.4, 0.5) is 5.69 Å². The summed E-state index contributed by atoms with van der Waals surface area (Å²) in [6, 6.07) is 8.91. The van der Waals surface area contributed by atoms with Crippen LogP contribution in [0.3, 0.4) is 0 Å². The highest BCUT2D eigenvalue weighted by atomic mass is 16.7. The van der Waals surface area contributed by atoms with Crippen LogP contribution in [-0.2, 0) is 18.9 Å². The van der Waals surface area contributed by atoms with E-state index in [1.54, 1.807) is 0 Å². The average Bonchev–Trinajstić information content (AvgIpc) is 3.30. The van der Waals surface area contributed by atoms with E-state index >= 15 is 0 Å². The lowest BCUT2D eigenvalue weighted by molar-refractivity contribution is -0.322. The molecule has 7 atom stereocenters. The first-order chi connectivity index (χ1) is 22.8. The van der Waals surface area contributed by atoms with Crippen LogP contribution in [0.2, 0.25) is 0 Å². The van der Waals surface area contributed by atoms with Gasteiger partial charge in [-0.1, -0.05) is 56.4 Å². The number of fused-ring (bicyclic) bond motifs is 4. The Balaban J connectivity index is 1.26. The molecule has 0 amide bonds. The van der Waals surface area contributed by atoms with E-state index in [1.807, 2.05) is 6.92 Å². The number of benzene rings is 1. The fourth-order valence-corrected chi connectivity index (χ4v) is 10.1. The van der Waals surface area contributed by atoms with Crippen molar-refractivity contribution in [3.05, 3.63) is 52.6 Å². The molecule has 1 unspecified atom stereocenters. The fourth-order valence-electron chi connectivity index (χ4n) is 10.1. The minimum Gasteiger partial charge on any atom is -0.385 e. The zero-order valence-corrected chi connectivity index (χ0v) is 30.1. The fraction of sp³-hybridized carbons (Fsp3) is 0.707. The molecule has 2 N–H and O–H groups in total. The Bertz CT molecular complexity index is 1480. The number of aliphatic hydroxyl groups is 2. The molecule has 1 spiro atoms. The van der Waals surface area contributed by atoms with Crippen LogP contribution >= 0.6 is 0 Å². The van der Waals surface area contributed by atoms with E-state index in [0.29, 0.717) is 26.1 Å². The molecule has 5 fully saturated rings. The molecule has 7 nitrogen and oxygen atoms in total. The van der Waals surface area contributed by atoms with Gasteiger partial charge in [-0.2, -0.15) is 0 Å². The van der Waals surface area contributed by atoms with Crippen LogP contribution in [0.25, 0.3) is 0 Å². The third-order valence-corrected chi connectivity index (χ3v) is 12.9. The topological polar surface area (TPSA) is 80.6 Å². The van der Waals surface area contributed by atoms with Crippen molar-refractivity contribution in [2.45, 2.75) is 121 Å². The van der Waals surface area contributed by atoms with Gasteiger partial charge in [-0.3, -0.25) is 0 Å². The third kappa shape index (κ3) is 5.79. The Kier molecular flexibility index (Phi) is 8.96. The first-order valence-electron chi connectivity index (χ1n) is 18.4.